The summed E-state index contributed by atoms with van der Waals surface area (Å²) in [6.45, 7) is 8.15. The van der Waals surface area contributed by atoms with Gasteiger partial charge in [0.25, 0.3) is 0 Å². The van der Waals surface area contributed by atoms with E-state index in [0.717, 1.165) is 12.1 Å². The van der Waals surface area contributed by atoms with Crippen molar-refractivity contribution in [3.63, 3.8) is 0 Å². The van der Waals surface area contributed by atoms with E-state index >= 15 is 0 Å². The highest BCUT2D eigenvalue weighted by molar-refractivity contribution is 5.89. The maximum absolute atomic E-state index is 13.0. The van der Waals surface area contributed by atoms with Gasteiger partial charge in [0.05, 0.1) is 23.5 Å². The average Bonchev–Trinajstić information content (AvgIpc) is 2.98. The molecule has 0 spiro atoms. The third-order valence-corrected chi connectivity index (χ3v) is 3.90. The second-order valence-electron chi connectivity index (χ2n) is 7.11. The summed E-state index contributed by atoms with van der Waals surface area (Å²) in [5.74, 6) is 0. The molecule has 0 saturated carbocycles. The van der Waals surface area contributed by atoms with Crippen molar-refractivity contribution < 1.29 is 18.0 Å². The smallest absolute Gasteiger partial charge is 0.331 e. The van der Waals surface area contributed by atoms with Crippen molar-refractivity contribution in [3.05, 3.63) is 47.8 Å². The fraction of sp³-hybridized carbons (Fsp3) is 0.444. The number of carbonyl (C=O) groups excluding carboxylic acids is 1. The first-order valence-corrected chi connectivity index (χ1v) is 8.28. The molecule has 0 aliphatic heterocycles. The number of urea groups is 1. The molecule has 0 fully saturated rings. The minimum Gasteiger partial charge on any atom is -0.331 e. The Bertz CT molecular complexity index is 762. The van der Waals surface area contributed by atoms with E-state index in [1.54, 1.807) is 16.9 Å². The number of carbonyl (C=O) groups is 1. The van der Waals surface area contributed by atoms with Crippen LogP contribution in [-0.2, 0) is 12.7 Å². The third-order valence-electron chi connectivity index (χ3n) is 3.90. The number of amides is 2. The van der Waals surface area contributed by atoms with E-state index in [2.05, 4.69) is 15.7 Å². The lowest BCUT2D eigenvalue weighted by Gasteiger charge is -2.32. The molecule has 0 radical (unpaired) electrons. The number of aromatic nitrogens is 2. The van der Waals surface area contributed by atoms with Gasteiger partial charge in [-0.05, 0) is 30.0 Å². The van der Waals surface area contributed by atoms with Crippen LogP contribution in [0.1, 0.15) is 44.9 Å². The van der Waals surface area contributed by atoms with E-state index < -0.39 is 29.2 Å². The summed E-state index contributed by atoms with van der Waals surface area (Å²) < 4.78 is 40.7. The minimum atomic E-state index is -4.44. The quantitative estimate of drug-likeness (QED) is 0.812. The van der Waals surface area contributed by atoms with Crippen LogP contribution in [0.15, 0.2) is 36.7 Å². The zero-order valence-electron chi connectivity index (χ0n) is 15.2. The molecule has 1 aromatic carbocycles. The molecule has 142 valence electrons. The average molecular weight is 368 g/mol. The summed E-state index contributed by atoms with van der Waals surface area (Å²) >= 11 is 0. The zero-order valence-corrected chi connectivity index (χ0v) is 15.2. The molecule has 1 heterocycles. The van der Waals surface area contributed by atoms with Crippen LogP contribution in [-0.4, -0.2) is 15.8 Å². The van der Waals surface area contributed by atoms with Gasteiger partial charge in [-0.25, -0.2) is 4.79 Å². The largest absolute Gasteiger partial charge is 0.416 e. The molecule has 2 N–H and O–H groups in total. The predicted molar refractivity (Wildman–Crippen MR) is 93.7 cm³/mol. The van der Waals surface area contributed by atoms with E-state index in [1.165, 1.54) is 12.3 Å². The Balaban J connectivity index is 2.21. The van der Waals surface area contributed by atoms with Gasteiger partial charge in [0.1, 0.15) is 0 Å². The zero-order chi connectivity index (χ0) is 19.5. The van der Waals surface area contributed by atoms with Gasteiger partial charge < -0.3 is 10.6 Å². The third kappa shape index (κ3) is 5.00. The molecule has 8 heteroatoms. The van der Waals surface area contributed by atoms with Crippen LogP contribution in [0.4, 0.5) is 23.7 Å². The molecular formula is C18H23F3N4O. The van der Waals surface area contributed by atoms with Gasteiger partial charge >= 0.3 is 12.2 Å². The van der Waals surface area contributed by atoms with E-state index in [0.29, 0.717) is 17.8 Å². The van der Waals surface area contributed by atoms with Gasteiger partial charge in [-0.1, -0.05) is 32.9 Å². The molecule has 1 atom stereocenters. The van der Waals surface area contributed by atoms with Crippen molar-refractivity contribution in [3.8, 4) is 0 Å². The fourth-order valence-corrected chi connectivity index (χ4v) is 2.59. The molecule has 0 bridgehead atoms. The first-order chi connectivity index (χ1) is 12.0. The number of halogens is 3. The Morgan fingerprint density at radius 3 is 2.50 bits per heavy atom. The van der Waals surface area contributed by atoms with Crippen LogP contribution >= 0.6 is 0 Å². The Hall–Kier alpha value is -2.51. The molecule has 0 aliphatic carbocycles. The summed E-state index contributed by atoms with van der Waals surface area (Å²) in [6.07, 6.45) is -1.25. The molecule has 2 aromatic rings. The lowest BCUT2D eigenvalue weighted by molar-refractivity contribution is -0.137. The lowest BCUT2D eigenvalue weighted by atomic mass is 9.82. The number of hydrogen-bond donors (Lipinski definition) is 2. The van der Waals surface area contributed by atoms with Crippen molar-refractivity contribution in [2.24, 2.45) is 5.41 Å². The molecule has 1 aromatic heterocycles. The van der Waals surface area contributed by atoms with Crippen LogP contribution in [0.2, 0.25) is 0 Å². The molecule has 0 saturated heterocycles. The Morgan fingerprint density at radius 1 is 1.27 bits per heavy atom. The van der Waals surface area contributed by atoms with E-state index in [4.69, 9.17) is 0 Å². The maximum Gasteiger partial charge on any atom is 0.416 e. The molecule has 26 heavy (non-hydrogen) atoms. The van der Waals surface area contributed by atoms with Gasteiger partial charge in [0, 0.05) is 12.7 Å². The summed E-state index contributed by atoms with van der Waals surface area (Å²) in [7, 11) is 0. The number of aryl methyl sites for hydroxylation is 1. The summed E-state index contributed by atoms with van der Waals surface area (Å²) in [4.78, 5) is 12.3. The molecule has 2 rings (SSSR count). The number of alkyl halides is 3. The fourth-order valence-electron chi connectivity index (χ4n) is 2.59. The second kappa shape index (κ2) is 7.39. The summed E-state index contributed by atoms with van der Waals surface area (Å²) in [6, 6.07) is 3.92. The van der Waals surface area contributed by atoms with Crippen LogP contribution in [0.25, 0.3) is 0 Å². The van der Waals surface area contributed by atoms with Crippen molar-refractivity contribution in [2.75, 3.05) is 5.32 Å². The number of nitrogens with one attached hydrogen (secondary N) is 2. The van der Waals surface area contributed by atoms with Crippen molar-refractivity contribution in [2.45, 2.75) is 46.5 Å². The van der Waals surface area contributed by atoms with Crippen LogP contribution in [0, 0.1) is 5.41 Å². The molecular weight excluding hydrogens is 345 g/mol. The van der Waals surface area contributed by atoms with E-state index in [-0.39, 0.29) is 0 Å². The van der Waals surface area contributed by atoms with Crippen molar-refractivity contribution in [1.29, 1.82) is 0 Å². The van der Waals surface area contributed by atoms with E-state index in [9.17, 15) is 18.0 Å². The number of hydrogen-bond acceptors (Lipinski definition) is 2. The Morgan fingerprint density at radius 2 is 1.96 bits per heavy atom. The first kappa shape index (κ1) is 19.8. The number of anilines is 1. The monoisotopic (exact) mass is 368 g/mol. The molecule has 0 unspecified atom stereocenters. The van der Waals surface area contributed by atoms with Gasteiger partial charge in [-0.15, -0.1) is 0 Å². The SMILES string of the molecule is CCn1cc(NC(=O)N[C@H](c2cccc(C(F)(F)F)c2)C(C)(C)C)cn1. The van der Waals surface area contributed by atoms with Crippen LogP contribution in [0.5, 0.6) is 0 Å². The highest BCUT2D eigenvalue weighted by Crippen LogP contribution is 2.36. The summed E-state index contributed by atoms with van der Waals surface area (Å²) in [5.41, 5.74) is -0.321. The topological polar surface area (TPSA) is 59.0 Å². The normalized spacial score (nSPS) is 13.3. The Kier molecular flexibility index (Phi) is 5.63. The second-order valence-corrected chi connectivity index (χ2v) is 7.11. The highest BCUT2D eigenvalue weighted by atomic mass is 19.4. The summed E-state index contributed by atoms with van der Waals surface area (Å²) in [5, 5.41) is 9.49. The molecule has 5 nitrogen and oxygen atoms in total. The highest BCUT2D eigenvalue weighted by Gasteiger charge is 2.33. The van der Waals surface area contributed by atoms with Gasteiger partial charge in [-0.2, -0.15) is 18.3 Å². The first-order valence-electron chi connectivity index (χ1n) is 8.28. The standard InChI is InChI=1S/C18H23F3N4O/c1-5-25-11-14(10-22-25)23-16(26)24-15(17(2,3)4)12-7-6-8-13(9-12)18(19,20)21/h6-11,15H,5H2,1-4H3,(H2,23,24,26)/t15-/m1/s1. The molecule has 2 amide bonds. The van der Waals surface area contributed by atoms with Gasteiger partial charge in [-0.3, -0.25) is 4.68 Å². The number of benzene rings is 1. The van der Waals surface area contributed by atoms with Gasteiger partial charge in [0.15, 0.2) is 0 Å². The number of rotatable bonds is 4. The maximum atomic E-state index is 13.0. The molecule has 0 aliphatic rings. The van der Waals surface area contributed by atoms with Crippen LogP contribution < -0.4 is 10.6 Å². The lowest BCUT2D eigenvalue weighted by Crippen LogP contribution is -2.39. The Labute approximate surface area is 150 Å². The predicted octanol–water partition coefficient (Wildman–Crippen LogP) is 4.83. The minimum absolute atomic E-state index is 0.395. The van der Waals surface area contributed by atoms with E-state index in [1.807, 2.05) is 27.7 Å². The van der Waals surface area contributed by atoms with Crippen molar-refractivity contribution >= 4 is 11.7 Å². The van der Waals surface area contributed by atoms with Crippen molar-refractivity contribution in [1.82, 2.24) is 15.1 Å². The van der Waals surface area contributed by atoms with Gasteiger partial charge in [0.2, 0.25) is 0 Å². The number of nitrogens with zero attached hydrogens (tertiary/aromatic N) is 2. The van der Waals surface area contributed by atoms with Crippen LogP contribution in [0.3, 0.4) is 0 Å².